The first-order valence-electron chi connectivity index (χ1n) is 7.75. The molecule has 0 bridgehead atoms. The van der Waals surface area contributed by atoms with E-state index >= 15 is 0 Å². The summed E-state index contributed by atoms with van der Waals surface area (Å²) >= 11 is 1.17. The van der Waals surface area contributed by atoms with Crippen LogP contribution in [-0.2, 0) is 4.79 Å². The summed E-state index contributed by atoms with van der Waals surface area (Å²) < 4.78 is 5.76. The standard InChI is InChI=1S/C18H15N3O4S/c1-12(25-17-8-4-6-13-5-2-3-7-16(13)17)18(22)20-19-10-15-9-14(11-26-15)21(23)24/h2-12H,1H3,(H,20,22). The number of hydrogen-bond donors (Lipinski definition) is 1. The topological polar surface area (TPSA) is 93.8 Å². The Balaban J connectivity index is 1.62. The molecule has 0 fully saturated rings. The quantitative estimate of drug-likeness (QED) is 0.407. The van der Waals surface area contributed by atoms with E-state index in [-0.39, 0.29) is 5.69 Å². The second kappa shape index (κ2) is 7.75. The molecule has 1 amide bonds. The number of nitro groups is 1. The van der Waals surface area contributed by atoms with Crippen molar-refractivity contribution >= 4 is 39.9 Å². The van der Waals surface area contributed by atoms with Gasteiger partial charge in [-0.3, -0.25) is 14.9 Å². The van der Waals surface area contributed by atoms with E-state index in [1.165, 1.54) is 29.0 Å². The molecule has 26 heavy (non-hydrogen) atoms. The lowest BCUT2D eigenvalue weighted by Crippen LogP contribution is -2.33. The molecule has 132 valence electrons. The lowest BCUT2D eigenvalue weighted by molar-refractivity contribution is -0.384. The number of nitrogens with zero attached hydrogens (tertiary/aromatic N) is 2. The van der Waals surface area contributed by atoms with Gasteiger partial charge < -0.3 is 4.74 Å². The maximum atomic E-state index is 12.1. The number of fused-ring (bicyclic) bond motifs is 1. The average Bonchev–Trinajstić information content (AvgIpc) is 3.11. The lowest BCUT2D eigenvalue weighted by Gasteiger charge is -2.14. The van der Waals surface area contributed by atoms with Gasteiger partial charge in [0, 0.05) is 11.5 Å². The van der Waals surface area contributed by atoms with Crippen LogP contribution in [0, 0.1) is 10.1 Å². The molecule has 0 saturated carbocycles. The van der Waals surface area contributed by atoms with Crippen molar-refractivity contribution in [1.82, 2.24) is 5.43 Å². The first-order chi connectivity index (χ1) is 12.5. The molecule has 1 aromatic heterocycles. The van der Waals surface area contributed by atoms with Crippen molar-refractivity contribution in [3.8, 4) is 5.75 Å². The van der Waals surface area contributed by atoms with Gasteiger partial charge >= 0.3 is 0 Å². The van der Waals surface area contributed by atoms with Gasteiger partial charge in [0.15, 0.2) is 6.10 Å². The molecule has 1 N–H and O–H groups in total. The summed E-state index contributed by atoms with van der Waals surface area (Å²) in [6.45, 7) is 1.63. The second-order valence-electron chi connectivity index (χ2n) is 5.44. The molecule has 8 heteroatoms. The minimum absolute atomic E-state index is 0.00423. The monoisotopic (exact) mass is 369 g/mol. The molecule has 0 aliphatic heterocycles. The van der Waals surface area contributed by atoms with Gasteiger partial charge in [0.1, 0.15) is 5.75 Å². The smallest absolute Gasteiger partial charge is 0.280 e. The molecule has 2 aromatic carbocycles. The number of carbonyl (C=O) groups is 1. The first-order valence-corrected chi connectivity index (χ1v) is 8.63. The van der Waals surface area contributed by atoms with Crippen LogP contribution in [0.15, 0.2) is 59.0 Å². The fraction of sp³-hybridized carbons (Fsp3) is 0.111. The summed E-state index contributed by atoms with van der Waals surface area (Å²) in [6, 6.07) is 14.8. The van der Waals surface area contributed by atoms with Crippen molar-refractivity contribution in [1.29, 1.82) is 0 Å². The number of amides is 1. The Bertz CT molecular complexity index is 978. The van der Waals surface area contributed by atoms with Gasteiger partial charge in [-0.25, -0.2) is 5.43 Å². The van der Waals surface area contributed by atoms with Crippen molar-refractivity contribution in [2.24, 2.45) is 5.10 Å². The largest absolute Gasteiger partial charge is 0.480 e. The van der Waals surface area contributed by atoms with Crippen LogP contribution in [0.5, 0.6) is 5.75 Å². The number of ether oxygens (including phenoxy) is 1. The van der Waals surface area contributed by atoms with Crippen LogP contribution < -0.4 is 10.2 Å². The van der Waals surface area contributed by atoms with E-state index in [9.17, 15) is 14.9 Å². The predicted molar refractivity (Wildman–Crippen MR) is 101 cm³/mol. The fourth-order valence-electron chi connectivity index (χ4n) is 2.30. The Morgan fingerprint density at radius 1 is 1.31 bits per heavy atom. The number of nitrogens with one attached hydrogen (secondary N) is 1. The number of hydrazone groups is 1. The summed E-state index contributed by atoms with van der Waals surface area (Å²) in [5, 5.41) is 17.8. The third-order valence-electron chi connectivity index (χ3n) is 3.61. The highest BCUT2D eigenvalue weighted by Crippen LogP contribution is 2.26. The van der Waals surface area contributed by atoms with E-state index in [2.05, 4.69) is 10.5 Å². The molecular formula is C18H15N3O4S. The molecule has 0 saturated heterocycles. The first kappa shape index (κ1) is 17.6. The van der Waals surface area contributed by atoms with Crippen LogP contribution in [0.25, 0.3) is 10.8 Å². The molecule has 0 aliphatic rings. The minimum atomic E-state index is -0.754. The van der Waals surface area contributed by atoms with Crippen LogP contribution >= 0.6 is 11.3 Å². The predicted octanol–water partition coefficient (Wildman–Crippen LogP) is 3.73. The second-order valence-corrected chi connectivity index (χ2v) is 6.38. The molecule has 1 atom stereocenters. The fourth-order valence-corrected chi connectivity index (χ4v) is 3.01. The van der Waals surface area contributed by atoms with E-state index in [1.807, 2.05) is 36.4 Å². The van der Waals surface area contributed by atoms with Gasteiger partial charge in [-0.1, -0.05) is 36.4 Å². The van der Waals surface area contributed by atoms with Gasteiger partial charge in [0.2, 0.25) is 0 Å². The van der Waals surface area contributed by atoms with E-state index in [4.69, 9.17) is 4.74 Å². The van der Waals surface area contributed by atoms with Gasteiger partial charge in [-0.2, -0.15) is 5.10 Å². The molecule has 0 aliphatic carbocycles. The maximum Gasteiger partial charge on any atom is 0.280 e. The minimum Gasteiger partial charge on any atom is -0.480 e. The summed E-state index contributed by atoms with van der Waals surface area (Å²) in [5.74, 6) is 0.198. The van der Waals surface area contributed by atoms with Crippen LogP contribution in [0.1, 0.15) is 11.8 Å². The zero-order valence-electron chi connectivity index (χ0n) is 13.8. The average molecular weight is 369 g/mol. The van der Waals surface area contributed by atoms with Crippen LogP contribution in [-0.4, -0.2) is 23.1 Å². The normalized spacial score (nSPS) is 12.2. The highest BCUT2D eigenvalue weighted by atomic mass is 32.1. The van der Waals surface area contributed by atoms with Crippen molar-refractivity contribution < 1.29 is 14.5 Å². The maximum absolute atomic E-state index is 12.1. The number of rotatable bonds is 6. The van der Waals surface area contributed by atoms with Crippen LogP contribution in [0.3, 0.4) is 0 Å². The SMILES string of the molecule is CC(Oc1cccc2ccccc12)C(=O)NN=Cc1cc([N+](=O)[O-])cs1. The van der Waals surface area contributed by atoms with Gasteiger partial charge in [0.05, 0.1) is 21.4 Å². The van der Waals surface area contributed by atoms with Crippen molar-refractivity contribution in [2.75, 3.05) is 0 Å². The molecule has 7 nitrogen and oxygen atoms in total. The molecule has 3 aromatic rings. The number of benzene rings is 2. The van der Waals surface area contributed by atoms with E-state index < -0.39 is 16.9 Å². The highest BCUT2D eigenvalue weighted by Gasteiger charge is 2.15. The van der Waals surface area contributed by atoms with Gasteiger partial charge in [-0.15, -0.1) is 11.3 Å². The third kappa shape index (κ3) is 4.04. The van der Waals surface area contributed by atoms with Crippen molar-refractivity contribution in [3.63, 3.8) is 0 Å². The van der Waals surface area contributed by atoms with Gasteiger partial charge in [-0.05, 0) is 18.4 Å². The van der Waals surface area contributed by atoms with Crippen molar-refractivity contribution in [2.45, 2.75) is 13.0 Å². The Morgan fingerprint density at radius 2 is 2.08 bits per heavy atom. The Labute approximate surface area is 153 Å². The molecule has 0 spiro atoms. The van der Waals surface area contributed by atoms with Crippen LogP contribution in [0.4, 0.5) is 5.69 Å². The Kier molecular flexibility index (Phi) is 5.23. The zero-order chi connectivity index (χ0) is 18.5. The molecule has 0 radical (unpaired) electrons. The lowest BCUT2D eigenvalue weighted by atomic mass is 10.1. The number of carbonyl (C=O) groups excluding carboxylic acids is 1. The Morgan fingerprint density at radius 3 is 2.85 bits per heavy atom. The highest BCUT2D eigenvalue weighted by molar-refractivity contribution is 7.12. The van der Waals surface area contributed by atoms with E-state index in [1.54, 1.807) is 13.0 Å². The third-order valence-corrected chi connectivity index (χ3v) is 4.46. The molecular weight excluding hydrogens is 354 g/mol. The number of hydrogen-bond acceptors (Lipinski definition) is 6. The summed E-state index contributed by atoms with van der Waals surface area (Å²) in [6.07, 6.45) is 0.607. The summed E-state index contributed by atoms with van der Waals surface area (Å²) in [5.41, 5.74) is 2.38. The Hall–Kier alpha value is -3.26. The zero-order valence-corrected chi connectivity index (χ0v) is 14.6. The molecule has 1 heterocycles. The number of thiophene rings is 1. The summed E-state index contributed by atoms with van der Waals surface area (Å²) in [7, 11) is 0. The molecule has 1 unspecified atom stereocenters. The van der Waals surface area contributed by atoms with Crippen molar-refractivity contribution in [3.05, 3.63) is 68.9 Å². The van der Waals surface area contributed by atoms with E-state index in [0.717, 1.165) is 10.8 Å². The van der Waals surface area contributed by atoms with Crippen LogP contribution in [0.2, 0.25) is 0 Å². The van der Waals surface area contributed by atoms with Gasteiger partial charge in [0.25, 0.3) is 11.6 Å². The molecule has 3 rings (SSSR count). The van der Waals surface area contributed by atoms with E-state index in [0.29, 0.717) is 10.6 Å². The summed E-state index contributed by atoms with van der Waals surface area (Å²) in [4.78, 5) is 22.9.